The quantitative estimate of drug-likeness (QED) is 0.706. The first-order chi connectivity index (χ1) is 11.1. The standard InChI is InChI=1S/C14H19BrN2O5S2/c1-2-17(24(21,22)13-5-3-11(15)4-6-13)9-14(18)16-12-7-8-23(19,20)10-12/h3-6,12H,2,7-10H2,1H3,(H,16,18)/t12-/m0/s1. The molecule has 7 nitrogen and oxygen atoms in total. The molecule has 0 bridgehead atoms. The van der Waals surface area contributed by atoms with Crippen LogP contribution in [-0.4, -0.2) is 57.7 Å². The molecule has 1 N–H and O–H groups in total. The summed E-state index contributed by atoms with van der Waals surface area (Å²) in [7, 11) is -6.89. The maximum Gasteiger partial charge on any atom is 0.243 e. The van der Waals surface area contributed by atoms with E-state index in [-0.39, 0.29) is 29.5 Å². The Balaban J connectivity index is 2.05. The first kappa shape index (κ1) is 19.4. The fraction of sp³-hybridized carbons (Fsp3) is 0.500. The van der Waals surface area contributed by atoms with Crippen molar-refractivity contribution in [2.24, 2.45) is 0 Å². The Morgan fingerprint density at radius 1 is 1.33 bits per heavy atom. The highest BCUT2D eigenvalue weighted by Gasteiger charge is 2.30. The molecule has 1 heterocycles. The lowest BCUT2D eigenvalue weighted by atomic mass is 10.2. The monoisotopic (exact) mass is 438 g/mol. The summed E-state index contributed by atoms with van der Waals surface area (Å²) in [6.07, 6.45) is 0.361. The van der Waals surface area contributed by atoms with Crippen LogP contribution in [0.1, 0.15) is 13.3 Å². The number of sulfone groups is 1. The minimum absolute atomic E-state index is 0.0482. The van der Waals surface area contributed by atoms with Crippen molar-refractivity contribution in [3.8, 4) is 0 Å². The Labute approximate surface area is 150 Å². The molecule has 1 aromatic carbocycles. The highest BCUT2D eigenvalue weighted by Crippen LogP contribution is 2.18. The van der Waals surface area contributed by atoms with Crippen LogP contribution in [0.2, 0.25) is 0 Å². The number of benzene rings is 1. The van der Waals surface area contributed by atoms with Crippen LogP contribution in [0, 0.1) is 0 Å². The highest BCUT2D eigenvalue weighted by molar-refractivity contribution is 9.10. The average Bonchev–Trinajstić information content (AvgIpc) is 2.83. The van der Waals surface area contributed by atoms with Crippen molar-refractivity contribution < 1.29 is 21.6 Å². The van der Waals surface area contributed by atoms with Crippen LogP contribution in [0.4, 0.5) is 0 Å². The van der Waals surface area contributed by atoms with Gasteiger partial charge in [0.05, 0.1) is 22.9 Å². The normalized spacial score (nSPS) is 20.2. The van der Waals surface area contributed by atoms with Gasteiger partial charge in [0.15, 0.2) is 9.84 Å². The number of nitrogens with one attached hydrogen (secondary N) is 1. The number of carbonyl (C=O) groups excluding carboxylic acids is 1. The predicted octanol–water partition coefficient (Wildman–Crippen LogP) is 0.763. The third kappa shape index (κ3) is 4.78. The minimum Gasteiger partial charge on any atom is -0.351 e. The van der Waals surface area contributed by atoms with E-state index in [1.807, 2.05) is 0 Å². The molecule has 1 aromatic rings. The van der Waals surface area contributed by atoms with Crippen LogP contribution in [-0.2, 0) is 24.7 Å². The predicted molar refractivity (Wildman–Crippen MR) is 93.8 cm³/mol. The van der Waals surface area contributed by atoms with Crippen molar-refractivity contribution in [3.05, 3.63) is 28.7 Å². The number of nitrogens with zero attached hydrogens (tertiary/aromatic N) is 1. The van der Waals surface area contributed by atoms with Crippen molar-refractivity contribution in [1.82, 2.24) is 9.62 Å². The minimum atomic E-state index is -3.79. The Morgan fingerprint density at radius 3 is 2.46 bits per heavy atom. The van der Waals surface area contributed by atoms with Gasteiger partial charge in [-0.25, -0.2) is 16.8 Å². The van der Waals surface area contributed by atoms with Gasteiger partial charge >= 0.3 is 0 Å². The number of rotatable bonds is 6. The maximum atomic E-state index is 12.6. The van der Waals surface area contributed by atoms with Crippen LogP contribution in [0.5, 0.6) is 0 Å². The molecule has 1 aliphatic rings. The first-order valence-corrected chi connectivity index (χ1v) is 11.4. The smallest absolute Gasteiger partial charge is 0.243 e. The lowest BCUT2D eigenvalue weighted by molar-refractivity contribution is -0.121. The molecule has 0 saturated carbocycles. The number of amides is 1. The molecule has 2 rings (SSSR count). The molecule has 0 radical (unpaired) electrons. The third-order valence-corrected chi connectivity index (χ3v) is 7.95. The van der Waals surface area contributed by atoms with E-state index in [1.54, 1.807) is 19.1 Å². The second-order valence-electron chi connectivity index (χ2n) is 5.55. The molecule has 1 amide bonds. The fourth-order valence-corrected chi connectivity index (χ4v) is 5.81. The Hall–Kier alpha value is -0.970. The zero-order chi connectivity index (χ0) is 18.0. The van der Waals surface area contributed by atoms with E-state index in [0.717, 1.165) is 8.78 Å². The van der Waals surface area contributed by atoms with Crippen molar-refractivity contribution in [2.45, 2.75) is 24.3 Å². The van der Waals surface area contributed by atoms with Gasteiger partial charge in [0.2, 0.25) is 15.9 Å². The van der Waals surface area contributed by atoms with Crippen LogP contribution in [0.25, 0.3) is 0 Å². The van der Waals surface area contributed by atoms with E-state index in [1.165, 1.54) is 12.1 Å². The van der Waals surface area contributed by atoms with E-state index in [4.69, 9.17) is 0 Å². The molecular formula is C14H19BrN2O5S2. The van der Waals surface area contributed by atoms with Gasteiger partial charge in [-0.05, 0) is 30.7 Å². The second kappa shape index (κ2) is 7.51. The summed E-state index contributed by atoms with van der Waals surface area (Å²) in [6, 6.07) is 5.71. The molecule has 10 heteroatoms. The van der Waals surface area contributed by atoms with E-state index in [9.17, 15) is 21.6 Å². The molecule has 0 spiro atoms. The molecule has 1 aliphatic heterocycles. The van der Waals surface area contributed by atoms with Crippen LogP contribution in [0.3, 0.4) is 0 Å². The van der Waals surface area contributed by atoms with Crippen LogP contribution >= 0.6 is 15.9 Å². The summed E-state index contributed by atoms with van der Waals surface area (Å²) in [5, 5.41) is 2.60. The fourth-order valence-electron chi connectivity index (χ4n) is 2.46. The topological polar surface area (TPSA) is 101 Å². The molecule has 1 fully saturated rings. The van der Waals surface area contributed by atoms with Gasteiger partial charge in [-0.1, -0.05) is 22.9 Å². The van der Waals surface area contributed by atoms with E-state index < -0.39 is 31.8 Å². The van der Waals surface area contributed by atoms with Crippen molar-refractivity contribution in [3.63, 3.8) is 0 Å². The summed E-state index contributed by atoms with van der Waals surface area (Å²) in [5.74, 6) is -0.545. The molecule has 0 aliphatic carbocycles. The van der Waals surface area contributed by atoms with Gasteiger partial charge in [0, 0.05) is 17.1 Å². The summed E-state index contributed by atoms with van der Waals surface area (Å²) in [5.41, 5.74) is 0. The van der Waals surface area contributed by atoms with Crippen molar-refractivity contribution >= 4 is 41.7 Å². The lowest BCUT2D eigenvalue weighted by Gasteiger charge is -2.21. The SMILES string of the molecule is CCN(CC(=O)N[C@H]1CCS(=O)(=O)C1)S(=O)(=O)c1ccc(Br)cc1. The number of likely N-dealkylation sites (N-methyl/N-ethyl adjacent to an activating group) is 1. The van der Waals surface area contributed by atoms with Gasteiger partial charge in [-0.2, -0.15) is 4.31 Å². The second-order valence-corrected chi connectivity index (χ2v) is 10.6. The van der Waals surface area contributed by atoms with Gasteiger partial charge in [0.1, 0.15) is 0 Å². The number of carbonyl (C=O) groups is 1. The maximum absolute atomic E-state index is 12.6. The Bertz CT molecular complexity index is 806. The molecule has 0 unspecified atom stereocenters. The largest absolute Gasteiger partial charge is 0.351 e. The first-order valence-electron chi connectivity index (χ1n) is 7.39. The summed E-state index contributed by atoms with van der Waals surface area (Å²) < 4.78 is 49.8. The summed E-state index contributed by atoms with van der Waals surface area (Å²) in [6.45, 7) is 1.43. The molecule has 134 valence electrons. The third-order valence-electron chi connectivity index (χ3n) is 3.72. The average molecular weight is 439 g/mol. The highest BCUT2D eigenvalue weighted by atomic mass is 79.9. The van der Waals surface area contributed by atoms with E-state index in [0.29, 0.717) is 6.42 Å². The lowest BCUT2D eigenvalue weighted by Crippen LogP contribution is -2.44. The van der Waals surface area contributed by atoms with E-state index >= 15 is 0 Å². The van der Waals surface area contributed by atoms with Gasteiger partial charge < -0.3 is 5.32 Å². The Morgan fingerprint density at radius 2 is 1.96 bits per heavy atom. The van der Waals surface area contributed by atoms with Gasteiger partial charge in [0.25, 0.3) is 0 Å². The number of hydrogen-bond donors (Lipinski definition) is 1. The molecule has 0 aromatic heterocycles. The van der Waals surface area contributed by atoms with Crippen molar-refractivity contribution in [1.29, 1.82) is 0 Å². The van der Waals surface area contributed by atoms with Crippen LogP contribution < -0.4 is 5.32 Å². The zero-order valence-corrected chi connectivity index (χ0v) is 16.3. The molecule has 1 atom stereocenters. The van der Waals surface area contributed by atoms with Crippen LogP contribution in [0.15, 0.2) is 33.6 Å². The molecule has 24 heavy (non-hydrogen) atoms. The Kier molecular flexibility index (Phi) is 6.05. The summed E-state index contributed by atoms with van der Waals surface area (Å²) in [4.78, 5) is 12.2. The molecular weight excluding hydrogens is 420 g/mol. The molecule has 1 saturated heterocycles. The summed E-state index contributed by atoms with van der Waals surface area (Å²) >= 11 is 3.24. The van der Waals surface area contributed by atoms with E-state index in [2.05, 4.69) is 21.2 Å². The zero-order valence-electron chi connectivity index (χ0n) is 13.1. The number of sulfonamides is 1. The number of halogens is 1. The number of hydrogen-bond acceptors (Lipinski definition) is 5. The van der Waals surface area contributed by atoms with Gasteiger partial charge in [-0.15, -0.1) is 0 Å². The van der Waals surface area contributed by atoms with Crippen molar-refractivity contribution in [2.75, 3.05) is 24.6 Å². The van der Waals surface area contributed by atoms with Gasteiger partial charge in [-0.3, -0.25) is 4.79 Å².